The first-order valence-electron chi connectivity index (χ1n) is 6.19. The molecule has 118 valence electrons. The van der Waals surface area contributed by atoms with Crippen molar-refractivity contribution in [1.82, 2.24) is 14.5 Å². The largest absolute Gasteiger partial charge is 0.480 e. The van der Waals surface area contributed by atoms with Gasteiger partial charge in [-0.25, -0.2) is 13.1 Å². The average molecular weight is 318 g/mol. The van der Waals surface area contributed by atoms with Crippen molar-refractivity contribution in [1.29, 1.82) is 0 Å². The Bertz CT molecular complexity index is 650. The second-order valence-corrected chi connectivity index (χ2v) is 6.22. The standard InChI is InChI=1S/C11H18N4O5S/c1-7-11(8(2)15(14-7)6-10(17)18)21(19,20)13-5-3-4-9(12)16/h13H,3-6H2,1-2H3,(H2,12,16)(H,17,18). The fraction of sp³-hybridized carbons (Fsp3) is 0.545. The Hall–Kier alpha value is -1.94. The topological polar surface area (TPSA) is 144 Å². The van der Waals surface area contributed by atoms with Crippen LogP contribution in [0.25, 0.3) is 0 Å². The molecule has 0 aromatic carbocycles. The fourth-order valence-electron chi connectivity index (χ4n) is 1.89. The molecule has 1 rings (SSSR count). The number of nitrogens with two attached hydrogens (primary N) is 1. The molecule has 0 fully saturated rings. The molecule has 0 saturated heterocycles. The number of carbonyl (C=O) groups excluding carboxylic acids is 1. The summed E-state index contributed by atoms with van der Waals surface area (Å²) in [6.45, 7) is 2.63. The lowest BCUT2D eigenvalue weighted by molar-refractivity contribution is -0.138. The minimum absolute atomic E-state index is 0.0391. The summed E-state index contributed by atoms with van der Waals surface area (Å²) in [5.74, 6) is -1.62. The van der Waals surface area contributed by atoms with Gasteiger partial charge in [0.05, 0.1) is 11.4 Å². The molecule has 0 aliphatic heterocycles. The second kappa shape index (κ2) is 6.68. The monoisotopic (exact) mass is 318 g/mol. The van der Waals surface area contributed by atoms with E-state index in [-0.39, 0.29) is 35.7 Å². The van der Waals surface area contributed by atoms with E-state index in [1.54, 1.807) is 0 Å². The van der Waals surface area contributed by atoms with Gasteiger partial charge in [0.15, 0.2) is 0 Å². The van der Waals surface area contributed by atoms with E-state index in [1.807, 2.05) is 0 Å². The van der Waals surface area contributed by atoms with Crippen LogP contribution in [-0.2, 0) is 26.2 Å². The number of amides is 1. The van der Waals surface area contributed by atoms with Crippen molar-refractivity contribution < 1.29 is 23.1 Å². The quantitative estimate of drug-likeness (QED) is 0.531. The van der Waals surface area contributed by atoms with Crippen LogP contribution in [0, 0.1) is 13.8 Å². The number of aryl methyl sites for hydroxylation is 1. The summed E-state index contributed by atoms with van der Waals surface area (Å²) in [6.07, 6.45) is 0.370. The Morgan fingerprint density at radius 1 is 1.38 bits per heavy atom. The van der Waals surface area contributed by atoms with Crippen LogP contribution in [-0.4, -0.2) is 41.7 Å². The van der Waals surface area contributed by atoms with E-state index >= 15 is 0 Å². The van der Waals surface area contributed by atoms with Crippen molar-refractivity contribution in [3.05, 3.63) is 11.4 Å². The Kier molecular flexibility index (Phi) is 5.44. The van der Waals surface area contributed by atoms with Crippen LogP contribution in [0.5, 0.6) is 0 Å². The van der Waals surface area contributed by atoms with E-state index in [9.17, 15) is 18.0 Å². The molecule has 0 unspecified atom stereocenters. The molecule has 1 aromatic rings. The van der Waals surface area contributed by atoms with Gasteiger partial charge in [0.1, 0.15) is 11.4 Å². The highest BCUT2D eigenvalue weighted by atomic mass is 32.2. The SMILES string of the molecule is Cc1nn(CC(=O)O)c(C)c1S(=O)(=O)NCCCC(N)=O. The lowest BCUT2D eigenvalue weighted by atomic mass is 10.3. The maximum Gasteiger partial charge on any atom is 0.325 e. The molecule has 21 heavy (non-hydrogen) atoms. The Morgan fingerprint density at radius 2 is 2.00 bits per heavy atom. The van der Waals surface area contributed by atoms with Crippen LogP contribution in [0.2, 0.25) is 0 Å². The van der Waals surface area contributed by atoms with Crippen molar-refractivity contribution in [2.75, 3.05) is 6.54 Å². The number of nitrogens with zero attached hydrogens (tertiary/aromatic N) is 2. The zero-order valence-electron chi connectivity index (χ0n) is 11.8. The normalized spacial score (nSPS) is 11.5. The van der Waals surface area contributed by atoms with Crippen LogP contribution >= 0.6 is 0 Å². The van der Waals surface area contributed by atoms with E-state index in [0.717, 1.165) is 4.68 Å². The third-order valence-electron chi connectivity index (χ3n) is 2.76. The van der Waals surface area contributed by atoms with Crippen molar-refractivity contribution in [3.63, 3.8) is 0 Å². The van der Waals surface area contributed by atoms with Crippen molar-refractivity contribution in [2.45, 2.75) is 38.1 Å². The summed E-state index contributed by atoms with van der Waals surface area (Å²) in [4.78, 5) is 21.2. The first-order valence-corrected chi connectivity index (χ1v) is 7.67. The summed E-state index contributed by atoms with van der Waals surface area (Å²) in [5, 5.41) is 12.7. The number of hydrogen-bond donors (Lipinski definition) is 3. The number of carboxylic acids is 1. The van der Waals surface area contributed by atoms with Crippen LogP contribution < -0.4 is 10.5 Å². The number of aliphatic carboxylic acids is 1. The number of aromatic nitrogens is 2. The van der Waals surface area contributed by atoms with Crippen LogP contribution in [0.15, 0.2) is 4.90 Å². The number of carboxylic acid groups (broad SMARTS) is 1. The zero-order valence-corrected chi connectivity index (χ0v) is 12.6. The summed E-state index contributed by atoms with van der Waals surface area (Å²) in [7, 11) is -3.81. The molecule has 0 aliphatic carbocycles. The molecule has 0 radical (unpaired) electrons. The van der Waals surface area contributed by atoms with Crippen LogP contribution in [0.1, 0.15) is 24.2 Å². The second-order valence-electron chi connectivity index (χ2n) is 4.52. The first kappa shape index (κ1) is 17.1. The van der Waals surface area contributed by atoms with E-state index in [1.165, 1.54) is 13.8 Å². The molecule has 1 aromatic heterocycles. The molecule has 0 aliphatic rings. The lowest BCUT2D eigenvalue weighted by Crippen LogP contribution is -2.27. The highest BCUT2D eigenvalue weighted by Gasteiger charge is 2.24. The molecular formula is C11H18N4O5S. The van der Waals surface area contributed by atoms with Gasteiger partial charge in [-0.15, -0.1) is 0 Å². The van der Waals surface area contributed by atoms with Crippen molar-refractivity contribution >= 4 is 21.9 Å². The van der Waals surface area contributed by atoms with Crippen molar-refractivity contribution in [2.24, 2.45) is 5.73 Å². The molecule has 0 bridgehead atoms. The van der Waals surface area contributed by atoms with Gasteiger partial charge >= 0.3 is 5.97 Å². The molecule has 4 N–H and O–H groups in total. The predicted molar refractivity (Wildman–Crippen MR) is 73.0 cm³/mol. The van der Waals surface area contributed by atoms with Crippen LogP contribution in [0.4, 0.5) is 0 Å². The molecule has 10 heteroatoms. The number of rotatable bonds is 8. The van der Waals surface area contributed by atoms with Gasteiger partial charge in [-0.1, -0.05) is 0 Å². The van der Waals surface area contributed by atoms with Gasteiger partial charge in [0.2, 0.25) is 15.9 Å². The minimum atomic E-state index is -3.81. The summed E-state index contributed by atoms with van der Waals surface area (Å²) >= 11 is 0. The maximum absolute atomic E-state index is 12.2. The van der Waals surface area contributed by atoms with E-state index < -0.39 is 28.4 Å². The molecule has 1 amide bonds. The average Bonchev–Trinajstić information content (AvgIpc) is 2.59. The number of nitrogens with one attached hydrogen (secondary N) is 1. The highest BCUT2D eigenvalue weighted by molar-refractivity contribution is 7.89. The molecule has 1 heterocycles. The molecule has 9 nitrogen and oxygen atoms in total. The zero-order chi connectivity index (χ0) is 16.2. The maximum atomic E-state index is 12.2. The summed E-state index contributed by atoms with van der Waals surface area (Å²) in [5.41, 5.74) is 5.43. The number of sulfonamides is 1. The van der Waals surface area contributed by atoms with Gasteiger partial charge in [-0.3, -0.25) is 14.3 Å². The first-order chi connectivity index (χ1) is 9.65. The minimum Gasteiger partial charge on any atom is -0.480 e. The number of hydrogen-bond acceptors (Lipinski definition) is 5. The van der Waals surface area contributed by atoms with E-state index in [0.29, 0.717) is 0 Å². The smallest absolute Gasteiger partial charge is 0.325 e. The van der Waals surface area contributed by atoms with Gasteiger partial charge in [0, 0.05) is 13.0 Å². The van der Waals surface area contributed by atoms with Gasteiger partial charge in [0.25, 0.3) is 0 Å². The predicted octanol–water partition coefficient (Wildman–Crippen LogP) is -0.872. The van der Waals surface area contributed by atoms with Crippen molar-refractivity contribution in [3.8, 4) is 0 Å². The highest BCUT2D eigenvalue weighted by Crippen LogP contribution is 2.19. The molecule has 0 saturated carbocycles. The number of carbonyl (C=O) groups is 2. The van der Waals surface area contributed by atoms with Gasteiger partial charge in [-0.05, 0) is 20.3 Å². The summed E-state index contributed by atoms with van der Waals surface area (Å²) < 4.78 is 27.8. The lowest BCUT2D eigenvalue weighted by Gasteiger charge is -2.07. The number of primary amides is 1. The third-order valence-corrected chi connectivity index (χ3v) is 4.47. The molecule has 0 atom stereocenters. The Labute approximate surface area is 122 Å². The fourth-order valence-corrected chi connectivity index (χ4v) is 3.37. The van der Waals surface area contributed by atoms with E-state index in [2.05, 4.69) is 9.82 Å². The Balaban J connectivity index is 2.90. The molecular weight excluding hydrogens is 300 g/mol. The van der Waals surface area contributed by atoms with Crippen LogP contribution in [0.3, 0.4) is 0 Å². The third kappa shape index (κ3) is 4.53. The summed E-state index contributed by atoms with van der Waals surface area (Å²) in [6, 6.07) is 0. The van der Waals surface area contributed by atoms with E-state index in [4.69, 9.17) is 10.8 Å². The van der Waals surface area contributed by atoms with Gasteiger partial charge in [-0.2, -0.15) is 5.10 Å². The Morgan fingerprint density at radius 3 is 2.52 bits per heavy atom. The van der Waals surface area contributed by atoms with Gasteiger partial charge < -0.3 is 10.8 Å². The molecule has 0 spiro atoms.